The van der Waals surface area contributed by atoms with Gasteiger partial charge in [-0.15, -0.1) is 11.3 Å². The number of likely N-dealkylation sites (tertiary alicyclic amines) is 1. The Labute approximate surface area is 185 Å². The second kappa shape index (κ2) is 9.20. The summed E-state index contributed by atoms with van der Waals surface area (Å²) < 4.78 is 6.16. The van der Waals surface area contributed by atoms with E-state index in [2.05, 4.69) is 27.6 Å². The molecule has 1 aliphatic heterocycles. The fourth-order valence-corrected chi connectivity index (χ4v) is 5.51. The number of carbonyl (C=O) groups is 2. The highest BCUT2D eigenvalue weighted by Crippen LogP contribution is 2.40. The molecule has 164 valence electrons. The van der Waals surface area contributed by atoms with Crippen LogP contribution >= 0.6 is 11.3 Å². The van der Waals surface area contributed by atoms with Gasteiger partial charge in [0.25, 0.3) is 5.91 Å². The van der Waals surface area contributed by atoms with Gasteiger partial charge in [-0.3, -0.25) is 14.7 Å². The topological polar surface area (TPSA) is 87.3 Å². The van der Waals surface area contributed by atoms with Crippen LogP contribution in [0, 0.1) is 13.8 Å². The number of nitrogens with one attached hydrogen (secondary N) is 2. The summed E-state index contributed by atoms with van der Waals surface area (Å²) in [5, 5.41) is 11.2. The summed E-state index contributed by atoms with van der Waals surface area (Å²) in [6.45, 7) is 6.15. The second-order valence-electron chi connectivity index (χ2n) is 8.00. The predicted octanol–water partition coefficient (Wildman–Crippen LogP) is 3.18. The van der Waals surface area contributed by atoms with Gasteiger partial charge in [0.05, 0.1) is 23.6 Å². The zero-order chi connectivity index (χ0) is 22.0. The molecule has 31 heavy (non-hydrogen) atoms. The van der Waals surface area contributed by atoms with Gasteiger partial charge < -0.3 is 15.0 Å². The van der Waals surface area contributed by atoms with Crippen LogP contribution in [-0.2, 0) is 16.0 Å². The van der Waals surface area contributed by atoms with Gasteiger partial charge in [-0.25, -0.2) is 0 Å². The maximum Gasteiger partial charge on any atom is 0.261 e. The largest absolute Gasteiger partial charge is 0.383 e. The number of nitrogens with zero attached hydrogens (tertiary/aromatic N) is 2. The fourth-order valence-electron chi connectivity index (χ4n) is 4.31. The maximum atomic E-state index is 13.0. The first-order valence-corrected chi connectivity index (χ1v) is 11.4. The lowest BCUT2D eigenvalue weighted by molar-refractivity contribution is -0.129. The molecule has 7 nitrogen and oxygen atoms in total. The average molecular weight is 441 g/mol. The lowest BCUT2D eigenvalue weighted by atomic mass is 9.95. The molecule has 1 fully saturated rings. The molecule has 2 aromatic heterocycles. The van der Waals surface area contributed by atoms with Gasteiger partial charge >= 0.3 is 0 Å². The van der Waals surface area contributed by atoms with E-state index in [9.17, 15) is 9.59 Å². The van der Waals surface area contributed by atoms with Gasteiger partial charge in [0.15, 0.2) is 0 Å². The molecule has 0 saturated carbocycles. The lowest BCUT2D eigenvalue weighted by Gasteiger charge is -2.17. The van der Waals surface area contributed by atoms with Crippen LogP contribution in [0.5, 0.6) is 0 Å². The molecule has 0 aliphatic carbocycles. The molecule has 1 atom stereocenters. The molecule has 8 heteroatoms. The summed E-state index contributed by atoms with van der Waals surface area (Å²) in [5.41, 5.74) is 3.87. The van der Waals surface area contributed by atoms with Crippen LogP contribution < -0.4 is 5.32 Å². The van der Waals surface area contributed by atoms with Crippen molar-refractivity contribution in [2.45, 2.75) is 32.6 Å². The first-order chi connectivity index (χ1) is 15.0. The molecular formula is C23H28N4O3S. The van der Waals surface area contributed by atoms with Crippen molar-refractivity contribution < 1.29 is 14.3 Å². The Balaban J connectivity index is 1.55. The highest BCUT2D eigenvalue weighted by Gasteiger charge is 2.32. The molecule has 0 spiro atoms. The standard InChI is InChI=1S/C23H28N4O3S/c1-14-18(15(2)26-25-14)12-20(28)27-10-8-16(13-27)21-17-6-4-5-7-19(17)31-22(21)23(29)24-9-11-30-3/h4-7,16H,8-13H2,1-3H3,(H,24,29)(H,25,26). The van der Waals surface area contributed by atoms with E-state index in [1.165, 1.54) is 11.3 Å². The first-order valence-electron chi connectivity index (χ1n) is 10.6. The van der Waals surface area contributed by atoms with Crippen molar-refractivity contribution in [1.29, 1.82) is 0 Å². The molecule has 3 heterocycles. The molecule has 0 bridgehead atoms. The van der Waals surface area contributed by atoms with Crippen molar-refractivity contribution in [2.75, 3.05) is 33.4 Å². The summed E-state index contributed by atoms with van der Waals surface area (Å²) in [4.78, 5) is 28.6. The maximum absolute atomic E-state index is 13.0. The number of benzene rings is 1. The zero-order valence-corrected chi connectivity index (χ0v) is 19.0. The van der Waals surface area contributed by atoms with Crippen molar-refractivity contribution in [3.05, 3.63) is 51.7 Å². The summed E-state index contributed by atoms with van der Waals surface area (Å²) in [6.07, 6.45) is 1.21. The van der Waals surface area contributed by atoms with Crippen LogP contribution in [0.4, 0.5) is 0 Å². The summed E-state index contributed by atoms with van der Waals surface area (Å²) in [6, 6.07) is 8.14. The molecule has 1 unspecified atom stereocenters. The highest BCUT2D eigenvalue weighted by molar-refractivity contribution is 7.21. The van der Waals surface area contributed by atoms with Gasteiger partial charge in [-0.2, -0.15) is 5.10 Å². The van der Waals surface area contributed by atoms with Crippen LogP contribution in [0.2, 0.25) is 0 Å². The molecule has 2 amide bonds. The van der Waals surface area contributed by atoms with Crippen LogP contribution in [0.25, 0.3) is 10.1 Å². The third kappa shape index (κ3) is 4.36. The number of thiophene rings is 1. The number of aromatic nitrogens is 2. The molecular weight excluding hydrogens is 412 g/mol. The summed E-state index contributed by atoms with van der Waals surface area (Å²) >= 11 is 1.53. The Morgan fingerprint density at radius 3 is 2.87 bits per heavy atom. The third-order valence-corrected chi connectivity index (χ3v) is 7.18. The predicted molar refractivity (Wildman–Crippen MR) is 122 cm³/mol. The molecule has 3 aromatic rings. The number of carbonyl (C=O) groups excluding carboxylic acids is 2. The van der Waals surface area contributed by atoms with E-state index >= 15 is 0 Å². The van der Waals surface area contributed by atoms with E-state index in [-0.39, 0.29) is 17.7 Å². The number of fused-ring (bicyclic) bond motifs is 1. The fraction of sp³-hybridized carbons (Fsp3) is 0.435. The summed E-state index contributed by atoms with van der Waals surface area (Å²) in [5.74, 6) is 0.193. The Bertz CT molecular complexity index is 1080. The first kappa shape index (κ1) is 21.5. The monoisotopic (exact) mass is 440 g/mol. The van der Waals surface area contributed by atoms with Crippen molar-refractivity contribution in [3.8, 4) is 0 Å². The number of amides is 2. The van der Waals surface area contributed by atoms with E-state index in [4.69, 9.17) is 4.74 Å². The Kier molecular flexibility index (Phi) is 6.38. The van der Waals surface area contributed by atoms with Crippen molar-refractivity contribution in [3.63, 3.8) is 0 Å². The van der Waals surface area contributed by atoms with E-state index in [1.807, 2.05) is 30.9 Å². The summed E-state index contributed by atoms with van der Waals surface area (Å²) in [7, 11) is 1.62. The molecule has 1 saturated heterocycles. The number of aryl methyl sites for hydroxylation is 2. The number of hydrogen-bond donors (Lipinski definition) is 2. The Hall–Kier alpha value is -2.71. The normalized spacial score (nSPS) is 16.2. The average Bonchev–Trinajstić information content (AvgIpc) is 3.47. The molecule has 4 rings (SSSR count). The Morgan fingerprint density at radius 2 is 2.13 bits per heavy atom. The minimum absolute atomic E-state index is 0.0670. The Morgan fingerprint density at radius 1 is 1.32 bits per heavy atom. The zero-order valence-electron chi connectivity index (χ0n) is 18.2. The number of H-pyrrole nitrogens is 1. The van der Waals surface area contributed by atoms with Gasteiger partial charge in [0.1, 0.15) is 0 Å². The van der Waals surface area contributed by atoms with Crippen LogP contribution in [-0.4, -0.2) is 60.3 Å². The minimum Gasteiger partial charge on any atom is -0.383 e. The van der Waals surface area contributed by atoms with Gasteiger partial charge in [0.2, 0.25) is 5.91 Å². The van der Waals surface area contributed by atoms with Crippen molar-refractivity contribution in [1.82, 2.24) is 20.4 Å². The van der Waals surface area contributed by atoms with Crippen molar-refractivity contribution in [2.24, 2.45) is 0 Å². The SMILES string of the molecule is COCCNC(=O)c1sc2ccccc2c1C1CCN(C(=O)Cc2c(C)n[nH]c2C)C1. The second-order valence-corrected chi connectivity index (χ2v) is 9.06. The van der Waals surface area contributed by atoms with Crippen LogP contribution in [0.3, 0.4) is 0 Å². The van der Waals surface area contributed by atoms with Crippen LogP contribution in [0.1, 0.15) is 44.5 Å². The van der Waals surface area contributed by atoms with E-state index in [1.54, 1.807) is 7.11 Å². The highest BCUT2D eigenvalue weighted by atomic mass is 32.1. The van der Waals surface area contributed by atoms with E-state index in [0.29, 0.717) is 32.7 Å². The van der Waals surface area contributed by atoms with E-state index < -0.39 is 0 Å². The quantitative estimate of drug-likeness (QED) is 0.553. The number of methoxy groups -OCH3 is 1. The number of rotatable bonds is 7. The molecule has 1 aromatic carbocycles. The molecule has 0 radical (unpaired) electrons. The molecule has 1 aliphatic rings. The van der Waals surface area contributed by atoms with Gasteiger partial charge in [-0.05, 0) is 37.3 Å². The van der Waals surface area contributed by atoms with Crippen molar-refractivity contribution >= 4 is 33.2 Å². The van der Waals surface area contributed by atoms with E-state index in [0.717, 1.165) is 43.9 Å². The van der Waals surface area contributed by atoms with Crippen LogP contribution in [0.15, 0.2) is 24.3 Å². The van der Waals surface area contributed by atoms with Gasteiger partial charge in [0, 0.05) is 48.6 Å². The number of ether oxygens (including phenoxy) is 1. The van der Waals surface area contributed by atoms with Gasteiger partial charge in [-0.1, -0.05) is 18.2 Å². The number of aromatic amines is 1. The minimum atomic E-state index is -0.0670. The molecule has 2 N–H and O–H groups in total. The number of hydrogen-bond acceptors (Lipinski definition) is 5. The smallest absolute Gasteiger partial charge is 0.261 e. The lowest BCUT2D eigenvalue weighted by Crippen LogP contribution is -2.30. The third-order valence-electron chi connectivity index (χ3n) is 5.99.